The quantitative estimate of drug-likeness (QED) is 0.295. The van der Waals surface area contributed by atoms with E-state index in [2.05, 4.69) is 26.1 Å². The largest absolute Gasteiger partial charge is 0.356 e. The number of alkyl halides is 2. The average Bonchev–Trinajstić information content (AvgIpc) is 3.69. The summed E-state index contributed by atoms with van der Waals surface area (Å²) in [5, 5.41) is 6.97. The van der Waals surface area contributed by atoms with Crippen LogP contribution >= 0.6 is 0 Å². The van der Waals surface area contributed by atoms with Gasteiger partial charge >= 0.3 is 0 Å². The summed E-state index contributed by atoms with van der Waals surface area (Å²) in [7, 11) is 0. The number of aromatic nitrogens is 4. The Labute approximate surface area is 239 Å². The van der Waals surface area contributed by atoms with Gasteiger partial charge in [0.05, 0.1) is 6.20 Å². The smallest absolute Gasteiger partial charge is 0.247 e. The second-order valence-electron chi connectivity index (χ2n) is 9.22. The molecule has 3 heterocycles. The minimum absolute atomic E-state index is 0.0382. The van der Waals surface area contributed by atoms with Gasteiger partial charge in [0.1, 0.15) is 5.82 Å². The van der Waals surface area contributed by atoms with Crippen LogP contribution in [0.5, 0.6) is 0 Å². The standard InChI is InChI=1S/C23H25N5O.C5H10F2.2C2H6/c1-15(17(3)29)10-18-4-5-19(11-16(18)2)23-24-8-6-22(27-23)28-9-7-20(14-28)21-12-25-26-13-21;1-3-5(6,7)4-2;2*1-2/h4-6,8,10-13,20H,7,9,14H2,1-3H3,(H,25,26);3-4H2,1-2H3;2*1-2H3/b15-10+;;;. The molecule has 1 saturated heterocycles. The van der Waals surface area contributed by atoms with Crippen LogP contribution in [-0.4, -0.2) is 45.0 Å². The molecule has 0 saturated carbocycles. The van der Waals surface area contributed by atoms with E-state index in [9.17, 15) is 13.6 Å². The first-order chi connectivity index (χ1) is 19.1. The van der Waals surface area contributed by atoms with Crippen molar-refractivity contribution in [3.8, 4) is 11.4 Å². The van der Waals surface area contributed by atoms with Crippen LogP contribution in [0.15, 0.2) is 48.4 Å². The van der Waals surface area contributed by atoms with Gasteiger partial charge in [-0.1, -0.05) is 53.7 Å². The van der Waals surface area contributed by atoms with E-state index in [0.29, 0.717) is 5.92 Å². The number of hydrogen-bond donors (Lipinski definition) is 1. The Hall–Kier alpha value is -3.42. The lowest BCUT2D eigenvalue weighted by Crippen LogP contribution is -2.20. The van der Waals surface area contributed by atoms with Gasteiger partial charge in [-0.05, 0) is 67.7 Å². The van der Waals surface area contributed by atoms with Crippen molar-refractivity contribution in [2.24, 2.45) is 0 Å². The lowest BCUT2D eigenvalue weighted by Gasteiger charge is -2.18. The van der Waals surface area contributed by atoms with E-state index in [1.165, 1.54) is 19.4 Å². The summed E-state index contributed by atoms with van der Waals surface area (Å²) in [6.07, 6.45) is 8.66. The van der Waals surface area contributed by atoms with Crippen LogP contribution in [-0.2, 0) is 4.79 Å². The average molecular weight is 556 g/mol. The predicted molar refractivity (Wildman–Crippen MR) is 163 cm³/mol. The van der Waals surface area contributed by atoms with E-state index in [0.717, 1.165) is 53.4 Å². The Morgan fingerprint density at radius 3 is 2.33 bits per heavy atom. The van der Waals surface area contributed by atoms with Crippen molar-refractivity contribution in [1.29, 1.82) is 0 Å². The fourth-order valence-corrected chi connectivity index (χ4v) is 3.95. The highest BCUT2D eigenvalue weighted by molar-refractivity contribution is 5.97. The third kappa shape index (κ3) is 10.3. The molecular weight excluding hydrogens is 508 g/mol. The van der Waals surface area contributed by atoms with Crippen molar-refractivity contribution in [2.75, 3.05) is 18.0 Å². The van der Waals surface area contributed by atoms with Crippen molar-refractivity contribution >= 4 is 17.7 Å². The number of aromatic amines is 1. The summed E-state index contributed by atoms with van der Waals surface area (Å²) in [5.41, 5.74) is 5.12. The molecule has 3 aromatic rings. The minimum Gasteiger partial charge on any atom is -0.356 e. The Balaban J connectivity index is 0.000000629. The molecule has 6 nitrogen and oxygen atoms in total. The molecule has 1 unspecified atom stereocenters. The van der Waals surface area contributed by atoms with Crippen LogP contribution in [0.3, 0.4) is 0 Å². The zero-order chi connectivity index (χ0) is 30.3. The maximum absolute atomic E-state index is 11.9. The van der Waals surface area contributed by atoms with E-state index in [-0.39, 0.29) is 18.6 Å². The van der Waals surface area contributed by atoms with E-state index in [1.54, 1.807) is 6.92 Å². The molecule has 0 radical (unpaired) electrons. The molecule has 4 rings (SSSR count). The first-order valence-electron chi connectivity index (χ1n) is 14.4. The van der Waals surface area contributed by atoms with Crippen molar-refractivity contribution < 1.29 is 13.6 Å². The summed E-state index contributed by atoms with van der Waals surface area (Å²) in [5.74, 6) is -0.180. The Kier molecular flexibility index (Phi) is 15.0. The number of carbonyl (C=O) groups excluding carboxylic acids is 1. The van der Waals surface area contributed by atoms with Crippen LogP contribution in [0.25, 0.3) is 17.5 Å². The van der Waals surface area contributed by atoms with E-state index in [4.69, 9.17) is 4.98 Å². The molecule has 1 aliphatic rings. The molecule has 220 valence electrons. The van der Waals surface area contributed by atoms with Crippen LogP contribution in [0.2, 0.25) is 0 Å². The number of rotatable bonds is 7. The highest BCUT2D eigenvalue weighted by Gasteiger charge is 2.26. The lowest BCUT2D eigenvalue weighted by atomic mass is 10.0. The summed E-state index contributed by atoms with van der Waals surface area (Å²) < 4.78 is 23.8. The number of nitrogens with zero attached hydrogens (tertiary/aromatic N) is 4. The topological polar surface area (TPSA) is 74.8 Å². The van der Waals surface area contributed by atoms with Gasteiger partial charge in [-0.2, -0.15) is 5.10 Å². The number of nitrogens with one attached hydrogen (secondary N) is 1. The molecular formula is C32H47F2N5O. The molecule has 0 spiro atoms. The van der Waals surface area contributed by atoms with Crippen LogP contribution in [0.1, 0.15) is 97.3 Å². The van der Waals surface area contributed by atoms with Gasteiger partial charge in [-0.15, -0.1) is 0 Å². The second kappa shape index (κ2) is 17.3. The molecule has 8 heteroatoms. The highest BCUT2D eigenvalue weighted by atomic mass is 19.3. The lowest BCUT2D eigenvalue weighted by molar-refractivity contribution is -0.113. The molecule has 1 aromatic carbocycles. The van der Waals surface area contributed by atoms with E-state index in [1.807, 2.05) is 84.4 Å². The van der Waals surface area contributed by atoms with Gasteiger partial charge in [0.25, 0.3) is 0 Å². The van der Waals surface area contributed by atoms with Crippen molar-refractivity contribution in [2.45, 2.75) is 93.4 Å². The van der Waals surface area contributed by atoms with Crippen LogP contribution < -0.4 is 4.90 Å². The summed E-state index contributed by atoms with van der Waals surface area (Å²) in [4.78, 5) is 23.1. The first-order valence-corrected chi connectivity index (χ1v) is 14.4. The number of ketones is 1. The highest BCUT2D eigenvalue weighted by Crippen LogP contribution is 2.30. The zero-order valence-corrected chi connectivity index (χ0v) is 25.7. The molecule has 1 N–H and O–H groups in total. The zero-order valence-electron chi connectivity index (χ0n) is 25.7. The number of anilines is 1. The number of hydrogen-bond acceptors (Lipinski definition) is 5. The Bertz CT molecular complexity index is 1190. The number of benzene rings is 1. The molecule has 1 fully saturated rings. The van der Waals surface area contributed by atoms with Gasteiger partial charge in [-0.3, -0.25) is 9.89 Å². The molecule has 1 atom stereocenters. The van der Waals surface area contributed by atoms with E-state index >= 15 is 0 Å². The monoisotopic (exact) mass is 555 g/mol. The number of allylic oxidation sites excluding steroid dienone is 1. The fourth-order valence-electron chi connectivity index (χ4n) is 3.95. The predicted octanol–water partition coefficient (Wildman–Crippen LogP) is 8.66. The SMILES string of the molecule is CC.CC.CC(=O)/C(C)=C/c1ccc(-c2nccc(N3CCC(c4cn[nH]c4)C3)n2)cc1C.CCC(F)(F)CC. The molecule has 2 aromatic heterocycles. The Morgan fingerprint density at radius 1 is 1.12 bits per heavy atom. The normalized spacial score (nSPS) is 14.7. The number of aryl methyl sites for hydroxylation is 1. The van der Waals surface area contributed by atoms with Crippen molar-refractivity contribution in [3.05, 3.63) is 65.1 Å². The molecule has 0 bridgehead atoms. The summed E-state index contributed by atoms with van der Waals surface area (Å²) in [6, 6.07) is 8.10. The van der Waals surface area contributed by atoms with Gasteiger partial charge in [0.15, 0.2) is 11.6 Å². The van der Waals surface area contributed by atoms with Crippen molar-refractivity contribution in [3.63, 3.8) is 0 Å². The van der Waals surface area contributed by atoms with Crippen LogP contribution in [0.4, 0.5) is 14.6 Å². The molecule has 0 aliphatic carbocycles. The number of H-pyrrole nitrogens is 1. The van der Waals surface area contributed by atoms with Crippen molar-refractivity contribution in [1.82, 2.24) is 20.2 Å². The first kappa shape index (κ1) is 34.6. The third-order valence-corrected chi connectivity index (χ3v) is 6.63. The second-order valence-corrected chi connectivity index (χ2v) is 9.22. The molecule has 0 amide bonds. The Morgan fingerprint density at radius 2 is 1.80 bits per heavy atom. The summed E-state index contributed by atoms with van der Waals surface area (Å²) in [6.45, 7) is 18.4. The third-order valence-electron chi connectivity index (χ3n) is 6.63. The maximum Gasteiger partial charge on any atom is 0.247 e. The number of carbonyl (C=O) groups is 1. The number of Topliss-reactive ketones (excluding diaryl/α,β-unsaturated/α-hetero) is 1. The fraction of sp³-hybridized carbons (Fsp3) is 0.500. The van der Waals surface area contributed by atoms with Gasteiger partial charge < -0.3 is 4.90 Å². The van der Waals surface area contributed by atoms with Gasteiger partial charge in [-0.25, -0.2) is 18.7 Å². The molecule has 1 aliphatic heterocycles. The maximum atomic E-state index is 11.9. The number of halogens is 2. The molecule has 40 heavy (non-hydrogen) atoms. The van der Waals surface area contributed by atoms with E-state index < -0.39 is 5.92 Å². The van der Waals surface area contributed by atoms with Gasteiger partial charge in [0.2, 0.25) is 5.92 Å². The van der Waals surface area contributed by atoms with Gasteiger partial charge in [0, 0.05) is 49.8 Å². The van der Waals surface area contributed by atoms with Crippen LogP contribution in [0, 0.1) is 6.92 Å². The minimum atomic E-state index is -2.42. The summed E-state index contributed by atoms with van der Waals surface area (Å²) >= 11 is 0.